The van der Waals surface area contributed by atoms with Gasteiger partial charge in [0.1, 0.15) is 6.04 Å². The highest BCUT2D eigenvalue weighted by Gasteiger charge is 2.45. The summed E-state index contributed by atoms with van der Waals surface area (Å²) in [6, 6.07) is 17.8. The molecule has 0 aromatic heterocycles. The number of ether oxygens (including phenoxy) is 1. The summed E-state index contributed by atoms with van der Waals surface area (Å²) >= 11 is 1.76. The van der Waals surface area contributed by atoms with Crippen molar-refractivity contribution in [1.82, 2.24) is 10.2 Å². The Bertz CT molecular complexity index is 1110. The summed E-state index contributed by atoms with van der Waals surface area (Å²) in [5.41, 5.74) is 3.82. The number of anilines is 1. The Kier molecular flexibility index (Phi) is 16.0. The van der Waals surface area contributed by atoms with Gasteiger partial charge in [-0.2, -0.15) is 0 Å². The zero-order valence-corrected chi connectivity index (χ0v) is 27.1. The van der Waals surface area contributed by atoms with Crippen LogP contribution < -0.4 is 9.62 Å². The maximum atomic E-state index is 13.1. The van der Waals surface area contributed by atoms with Gasteiger partial charge in [0.2, 0.25) is 12.3 Å². The Balaban J connectivity index is 0.000000480. The number of allylic oxidation sites excluding steroid dienone is 1. The molecule has 0 saturated carbocycles. The minimum atomic E-state index is -0.658. The summed E-state index contributed by atoms with van der Waals surface area (Å²) in [5.74, 6) is 0.543. The average Bonchev–Trinajstić information content (AvgIpc) is 3.31. The number of nitrogens with one attached hydrogen (secondary N) is 1. The van der Waals surface area contributed by atoms with Crippen LogP contribution in [0.15, 0.2) is 71.9 Å². The number of hydrogen-bond donors (Lipinski definition) is 1. The zero-order chi connectivity index (χ0) is 30.8. The van der Waals surface area contributed by atoms with Gasteiger partial charge in [-0.1, -0.05) is 101 Å². The molecule has 2 aromatic rings. The molecule has 0 bridgehead atoms. The van der Waals surface area contributed by atoms with Gasteiger partial charge in [-0.25, -0.2) is 0 Å². The minimum Gasteiger partial charge on any atom is -0.374 e. The van der Waals surface area contributed by atoms with Crippen LogP contribution in [-0.4, -0.2) is 62.0 Å². The summed E-state index contributed by atoms with van der Waals surface area (Å²) in [7, 11) is 0. The quantitative estimate of drug-likeness (QED) is 0.190. The van der Waals surface area contributed by atoms with Crippen LogP contribution in [-0.2, 0) is 26.3 Å². The SMILES string of the molecule is CC=N/C=C\C(C)C.CCC.CSN1CC2(CCN(C(=O)C(COCc3ccccc3)NC=O)CC2)c2ccccc21. The first-order chi connectivity index (χ1) is 20.3. The third-order valence-corrected chi connectivity index (χ3v) is 7.88. The summed E-state index contributed by atoms with van der Waals surface area (Å²) < 4.78 is 8.10. The topological polar surface area (TPSA) is 74.2 Å². The molecule has 2 aliphatic rings. The lowest BCUT2D eigenvalue weighted by molar-refractivity contribution is -0.138. The molecule has 1 fully saturated rings. The molecule has 42 heavy (non-hydrogen) atoms. The van der Waals surface area contributed by atoms with Crippen LogP contribution in [0.25, 0.3) is 0 Å². The zero-order valence-electron chi connectivity index (χ0n) is 26.3. The molecule has 2 aliphatic heterocycles. The lowest BCUT2D eigenvalue weighted by Gasteiger charge is -2.40. The van der Waals surface area contributed by atoms with Gasteiger partial charge in [-0.15, -0.1) is 0 Å². The highest BCUT2D eigenvalue weighted by molar-refractivity contribution is 8.00. The second-order valence-corrected chi connectivity index (χ2v) is 11.7. The lowest BCUT2D eigenvalue weighted by atomic mass is 9.74. The first-order valence-electron chi connectivity index (χ1n) is 15.0. The fourth-order valence-electron chi connectivity index (χ4n) is 5.00. The monoisotopic (exact) mass is 594 g/mol. The number of piperidine rings is 1. The number of aliphatic imine (C=N–C) groups is 1. The molecule has 2 amide bonds. The van der Waals surface area contributed by atoms with Crippen molar-refractivity contribution in [3.8, 4) is 0 Å². The van der Waals surface area contributed by atoms with Crippen LogP contribution >= 0.6 is 11.9 Å². The van der Waals surface area contributed by atoms with Gasteiger partial charge in [0.05, 0.1) is 18.9 Å². The van der Waals surface area contributed by atoms with E-state index in [9.17, 15) is 9.59 Å². The van der Waals surface area contributed by atoms with Gasteiger partial charge in [-0.05, 0) is 42.9 Å². The summed E-state index contributed by atoms with van der Waals surface area (Å²) in [4.78, 5) is 30.0. The van der Waals surface area contributed by atoms with Gasteiger partial charge in [0.15, 0.2) is 0 Å². The normalized spacial score (nSPS) is 16.1. The van der Waals surface area contributed by atoms with Crippen molar-refractivity contribution in [2.45, 2.75) is 71.9 Å². The van der Waals surface area contributed by atoms with Crippen molar-refractivity contribution in [3.63, 3.8) is 0 Å². The second-order valence-electron chi connectivity index (χ2n) is 10.9. The van der Waals surface area contributed by atoms with Crippen molar-refractivity contribution in [3.05, 3.63) is 78.0 Å². The number of rotatable bonds is 10. The summed E-state index contributed by atoms with van der Waals surface area (Å²) in [5, 5.41) is 2.65. The van der Waals surface area contributed by atoms with Crippen molar-refractivity contribution in [2.24, 2.45) is 10.9 Å². The van der Waals surface area contributed by atoms with Crippen LogP contribution in [0.4, 0.5) is 5.69 Å². The molecular formula is C34H50N4O3S. The molecule has 0 aliphatic carbocycles. The highest BCUT2D eigenvalue weighted by atomic mass is 32.2. The van der Waals surface area contributed by atoms with Crippen LogP contribution in [0, 0.1) is 5.92 Å². The van der Waals surface area contributed by atoms with Gasteiger partial charge >= 0.3 is 0 Å². The number of carbonyl (C=O) groups is 2. The molecule has 0 radical (unpaired) electrons. The van der Waals surface area contributed by atoms with E-state index < -0.39 is 6.04 Å². The Morgan fingerprint density at radius 3 is 2.33 bits per heavy atom. The van der Waals surface area contributed by atoms with Gasteiger partial charge in [-0.3, -0.25) is 14.6 Å². The fourth-order valence-corrected chi connectivity index (χ4v) is 5.73. The van der Waals surface area contributed by atoms with E-state index in [0.717, 1.165) is 24.9 Å². The van der Waals surface area contributed by atoms with E-state index >= 15 is 0 Å². The Morgan fingerprint density at radius 2 is 1.74 bits per heavy atom. The van der Waals surface area contributed by atoms with E-state index in [1.807, 2.05) is 48.4 Å². The molecule has 8 heteroatoms. The molecule has 1 N–H and O–H groups in total. The molecule has 1 atom stereocenters. The fraction of sp³-hybridized carbons (Fsp3) is 0.500. The van der Waals surface area contributed by atoms with E-state index in [0.29, 0.717) is 32.0 Å². The smallest absolute Gasteiger partial charge is 0.247 e. The van der Waals surface area contributed by atoms with Crippen LogP contribution in [0.1, 0.15) is 65.0 Å². The number of fused-ring (bicyclic) bond motifs is 2. The second kappa shape index (κ2) is 19.2. The molecule has 1 saturated heterocycles. The molecule has 1 unspecified atom stereocenters. The number of likely N-dealkylation sites (tertiary alicyclic amines) is 1. The van der Waals surface area contributed by atoms with Crippen LogP contribution in [0.2, 0.25) is 0 Å². The molecule has 2 heterocycles. The molecule has 2 aromatic carbocycles. The highest BCUT2D eigenvalue weighted by Crippen LogP contribution is 2.48. The van der Waals surface area contributed by atoms with Crippen LogP contribution in [0.3, 0.4) is 0 Å². The van der Waals surface area contributed by atoms with E-state index in [2.05, 4.69) is 78.9 Å². The Morgan fingerprint density at radius 1 is 1.10 bits per heavy atom. The first kappa shape index (κ1) is 35.1. The summed E-state index contributed by atoms with van der Waals surface area (Å²) in [6.07, 6.45) is 11.4. The first-order valence-corrected chi connectivity index (χ1v) is 16.2. The van der Waals surface area contributed by atoms with Crippen molar-refractivity contribution >= 4 is 36.2 Å². The maximum Gasteiger partial charge on any atom is 0.247 e. The van der Waals surface area contributed by atoms with Crippen molar-refractivity contribution in [2.75, 3.05) is 36.8 Å². The lowest BCUT2D eigenvalue weighted by Crippen LogP contribution is -2.53. The number of carbonyl (C=O) groups excluding carboxylic acids is 2. The molecule has 1 spiro atoms. The number of amides is 2. The molecule has 230 valence electrons. The Labute approximate surface area is 257 Å². The van der Waals surface area contributed by atoms with Crippen molar-refractivity contribution < 1.29 is 14.3 Å². The van der Waals surface area contributed by atoms with E-state index in [-0.39, 0.29) is 17.9 Å². The summed E-state index contributed by atoms with van der Waals surface area (Å²) in [6.45, 7) is 13.3. The standard InChI is InChI=1S/C24H29N3O3S.C7H13N.C3H8/c1-31-27-17-24(20-9-5-6-10-22(20)27)11-13-26(14-12-24)23(29)21(25-18-28)16-30-15-19-7-3-2-4-8-19;1-4-8-6-5-7(2)3;1-3-2/h2-10,18,21H,11-17H2,1H3,(H,25,28);4-7H,1-3H3;3H2,1-2H3/b;6-5-,8-4?;. The number of para-hydroxylation sites is 1. The van der Waals surface area contributed by atoms with Gasteiger partial charge < -0.3 is 19.3 Å². The third kappa shape index (κ3) is 10.6. The van der Waals surface area contributed by atoms with Gasteiger partial charge in [0.25, 0.3) is 0 Å². The number of hydrogen-bond acceptors (Lipinski definition) is 6. The van der Waals surface area contributed by atoms with E-state index in [4.69, 9.17) is 4.74 Å². The van der Waals surface area contributed by atoms with Crippen molar-refractivity contribution in [1.29, 1.82) is 0 Å². The van der Waals surface area contributed by atoms with E-state index in [1.54, 1.807) is 18.2 Å². The Hall–Kier alpha value is -3.10. The number of nitrogens with zero attached hydrogens (tertiary/aromatic N) is 3. The van der Waals surface area contributed by atoms with Gasteiger partial charge in [0, 0.05) is 43.7 Å². The van der Waals surface area contributed by atoms with E-state index in [1.165, 1.54) is 17.7 Å². The largest absolute Gasteiger partial charge is 0.374 e. The maximum absolute atomic E-state index is 13.1. The third-order valence-electron chi connectivity index (χ3n) is 7.11. The molecule has 4 rings (SSSR count). The predicted octanol–water partition coefficient (Wildman–Crippen LogP) is 6.64. The average molecular weight is 595 g/mol. The van der Waals surface area contributed by atoms with Crippen LogP contribution in [0.5, 0.6) is 0 Å². The predicted molar refractivity (Wildman–Crippen MR) is 178 cm³/mol. The number of benzene rings is 2. The minimum absolute atomic E-state index is 0.0667. The molecular weight excluding hydrogens is 544 g/mol. The molecule has 7 nitrogen and oxygen atoms in total.